The minimum atomic E-state index is -0.837. The molecular formula is C17H28N2O4S. The molecular weight excluding hydrogens is 328 g/mol. The number of nitrogens with one attached hydrogen (secondary N) is 1. The van der Waals surface area contributed by atoms with Gasteiger partial charge in [0.05, 0.1) is 11.3 Å². The third kappa shape index (κ3) is 4.43. The standard InChI is InChI=1S/C17H28N2O4S/c1-2-3-7-14(20)19-12-24-10-13(19)15(21)18-11-17(16(22)23)8-5-4-6-9-17/h13H,2-12H2,1H3,(H,18,21)(H,22,23). The maximum absolute atomic E-state index is 12.5. The van der Waals surface area contributed by atoms with E-state index in [4.69, 9.17) is 0 Å². The monoisotopic (exact) mass is 356 g/mol. The van der Waals surface area contributed by atoms with E-state index in [-0.39, 0.29) is 18.4 Å². The molecule has 1 unspecified atom stereocenters. The molecule has 0 aromatic rings. The van der Waals surface area contributed by atoms with E-state index in [1.807, 2.05) is 6.92 Å². The highest BCUT2D eigenvalue weighted by molar-refractivity contribution is 7.99. The molecule has 6 nitrogen and oxygen atoms in total. The van der Waals surface area contributed by atoms with Crippen molar-refractivity contribution in [3.8, 4) is 0 Å². The van der Waals surface area contributed by atoms with E-state index < -0.39 is 17.4 Å². The lowest BCUT2D eigenvalue weighted by molar-refractivity contribution is -0.151. The van der Waals surface area contributed by atoms with Crippen molar-refractivity contribution in [2.24, 2.45) is 5.41 Å². The Morgan fingerprint density at radius 3 is 2.58 bits per heavy atom. The van der Waals surface area contributed by atoms with Gasteiger partial charge in [-0.05, 0) is 19.3 Å². The summed E-state index contributed by atoms with van der Waals surface area (Å²) in [5.41, 5.74) is -0.837. The van der Waals surface area contributed by atoms with Crippen LogP contribution in [0.5, 0.6) is 0 Å². The Morgan fingerprint density at radius 2 is 1.96 bits per heavy atom. The summed E-state index contributed by atoms with van der Waals surface area (Å²) in [6, 6.07) is -0.464. The van der Waals surface area contributed by atoms with E-state index in [2.05, 4.69) is 5.32 Å². The van der Waals surface area contributed by atoms with Gasteiger partial charge in [0, 0.05) is 18.7 Å². The Morgan fingerprint density at radius 1 is 1.25 bits per heavy atom. The maximum Gasteiger partial charge on any atom is 0.311 e. The molecule has 2 rings (SSSR count). The van der Waals surface area contributed by atoms with Crippen molar-refractivity contribution in [3.63, 3.8) is 0 Å². The van der Waals surface area contributed by atoms with Crippen LogP contribution in [0, 0.1) is 5.41 Å². The number of unbranched alkanes of at least 4 members (excludes halogenated alkanes) is 1. The molecule has 0 aromatic carbocycles. The van der Waals surface area contributed by atoms with E-state index in [0.29, 0.717) is 30.9 Å². The minimum Gasteiger partial charge on any atom is -0.481 e. The van der Waals surface area contributed by atoms with Gasteiger partial charge in [-0.1, -0.05) is 32.6 Å². The van der Waals surface area contributed by atoms with Gasteiger partial charge in [-0.25, -0.2) is 0 Å². The molecule has 0 bridgehead atoms. The molecule has 1 aliphatic heterocycles. The number of carbonyl (C=O) groups excluding carboxylic acids is 2. The van der Waals surface area contributed by atoms with Crippen LogP contribution in [0.3, 0.4) is 0 Å². The minimum absolute atomic E-state index is 0.0209. The summed E-state index contributed by atoms with van der Waals surface area (Å²) < 4.78 is 0. The summed E-state index contributed by atoms with van der Waals surface area (Å²) in [6.45, 7) is 2.20. The lowest BCUT2D eigenvalue weighted by Crippen LogP contribution is -2.51. The third-order valence-corrected chi connectivity index (χ3v) is 6.13. The van der Waals surface area contributed by atoms with Crippen molar-refractivity contribution in [1.82, 2.24) is 10.2 Å². The fraction of sp³-hybridized carbons (Fsp3) is 0.824. The van der Waals surface area contributed by atoms with Crippen LogP contribution in [0.25, 0.3) is 0 Å². The van der Waals surface area contributed by atoms with Crippen LogP contribution in [0.15, 0.2) is 0 Å². The van der Waals surface area contributed by atoms with Crippen molar-refractivity contribution in [2.45, 2.75) is 64.3 Å². The summed E-state index contributed by atoms with van der Waals surface area (Å²) in [5.74, 6) is 0.122. The molecule has 24 heavy (non-hydrogen) atoms. The average molecular weight is 356 g/mol. The number of hydrogen-bond acceptors (Lipinski definition) is 4. The quantitative estimate of drug-likeness (QED) is 0.730. The first-order valence-electron chi connectivity index (χ1n) is 8.88. The van der Waals surface area contributed by atoms with Gasteiger partial charge in [0.25, 0.3) is 0 Å². The summed E-state index contributed by atoms with van der Waals surface area (Å²) in [4.78, 5) is 38.1. The molecule has 7 heteroatoms. The number of carbonyl (C=O) groups is 3. The predicted molar refractivity (Wildman–Crippen MR) is 93.6 cm³/mol. The summed E-state index contributed by atoms with van der Waals surface area (Å²) >= 11 is 1.58. The average Bonchev–Trinajstić information content (AvgIpc) is 3.08. The zero-order chi connectivity index (χ0) is 17.6. The van der Waals surface area contributed by atoms with Crippen LogP contribution in [0.2, 0.25) is 0 Å². The molecule has 1 saturated carbocycles. The Hall–Kier alpha value is -1.24. The number of hydrogen-bond donors (Lipinski definition) is 2. The highest BCUT2D eigenvalue weighted by Gasteiger charge is 2.41. The zero-order valence-corrected chi connectivity index (χ0v) is 15.2. The largest absolute Gasteiger partial charge is 0.481 e. The van der Waals surface area contributed by atoms with Crippen molar-refractivity contribution in [1.29, 1.82) is 0 Å². The number of amides is 2. The lowest BCUT2D eigenvalue weighted by Gasteiger charge is -2.34. The Kier molecular flexibility index (Phi) is 6.95. The number of carboxylic acids is 1. The fourth-order valence-electron chi connectivity index (χ4n) is 3.45. The molecule has 1 atom stereocenters. The van der Waals surface area contributed by atoms with Gasteiger partial charge < -0.3 is 15.3 Å². The van der Waals surface area contributed by atoms with Gasteiger partial charge >= 0.3 is 5.97 Å². The van der Waals surface area contributed by atoms with Gasteiger partial charge in [-0.15, -0.1) is 11.8 Å². The molecule has 0 radical (unpaired) electrons. The number of aliphatic carboxylic acids is 1. The second kappa shape index (κ2) is 8.74. The van der Waals surface area contributed by atoms with Crippen molar-refractivity contribution in [3.05, 3.63) is 0 Å². The van der Waals surface area contributed by atoms with Gasteiger partial charge in [-0.2, -0.15) is 0 Å². The molecule has 136 valence electrons. The molecule has 2 fully saturated rings. The van der Waals surface area contributed by atoms with Crippen LogP contribution >= 0.6 is 11.8 Å². The van der Waals surface area contributed by atoms with Crippen LogP contribution < -0.4 is 5.32 Å². The predicted octanol–water partition coefficient (Wildman–Crippen LogP) is 2.23. The van der Waals surface area contributed by atoms with Crippen LogP contribution in [0.4, 0.5) is 0 Å². The molecule has 1 aliphatic carbocycles. The second-order valence-electron chi connectivity index (χ2n) is 6.85. The van der Waals surface area contributed by atoms with Gasteiger partial charge in [0.2, 0.25) is 11.8 Å². The zero-order valence-electron chi connectivity index (χ0n) is 14.4. The summed E-state index contributed by atoms with van der Waals surface area (Å²) in [5, 5.41) is 12.4. The van der Waals surface area contributed by atoms with E-state index in [0.717, 1.165) is 32.1 Å². The Bertz CT molecular complexity index is 477. The Labute approximate surface area is 147 Å². The molecule has 0 spiro atoms. The van der Waals surface area contributed by atoms with Crippen LogP contribution in [-0.4, -0.2) is 52.0 Å². The summed E-state index contributed by atoms with van der Waals surface area (Å²) in [7, 11) is 0. The number of nitrogens with zero attached hydrogens (tertiary/aromatic N) is 1. The molecule has 0 aromatic heterocycles. The fourth-order valence-corrected chi connectivity index (χ4v) is 4.63. The smallest absolute Gasteiger partial charge is 0.311 e. The first-order chi connectivity index (χ1) is 11.5. The van der Waals surface area contributed by atoms with Gasteiger partial charge in [-0.3, -0.25) is 14.4 Å². The number of carboxylic acid groups (broad SMARTS) is 1. The van der Waals surface area contributed by atoms with Gasteiger partial charge in [0.1, 0.15) is 6.04 Å². The molecule has 2 N–H and O–H groups in total. The molecule has 1 heterocycles. The highest BCUT2D eigenvalue weighted by atomic mass is 32.2. The Balaban J connectivity index is 1.93. The highest BCUT2D eigenvalue weighted by Crippen LogP contribution is 2.36. The number of thioether (sulfide) groups is 1. The molecule has 1 saturated heterocycles. The first kappa shape index (κ1) is 19.1. The van der Waals surface area contributed by atoms with E-state index in [1.54, 1.807) is 16.7 Å². The second-order valence-corrected chi connectivity index (χ2v) is 7.85. The molecule has 2 amide bonds. The summed E-state index contributed by atoms with van der Waals surface area (Å²) in [6.07, 6.45) is 6.32. The SMILES string of the molecule is CCCCC(=O)N1CSCC1C(=O)NCC1(C(=O)O)CCCCC1. The van der Waals surface area contributed by atoms with E-state index >= 15 is 0 Å². The normalized spacial score (nSPS) is 23.0. The van der Waals surface area contributed by atoms with Gasteiger partial charge in [0.15, 0.2) is 0 Å². The molecule has 2 aliphatic rings. The van der Waals surface area contributed by atoms with Crippen LogP contribution in [0.1, 0.15) is 58.3 Å². The lowest BCUT2D eigenvalue weighted by atomic mass is 9.74. The van der Waals surface area contributed by atoms with Crippen molar-refractivity contribution in [2.75, 3.05) is 18.2 Å². The van der Waals surface area contributed by atoms with E-state index in [1.165, 1.54) is 0 Å². The topological polar surface area (TPSA) is 86.7 Å². The number of rotatable bonds is 7. The maximum atomic E-state index is 12.5. The van der Waals surface area contributed by atoms with Crippen molar-refractivity contribution >= 4 is 29.5 Å². The third-order valence-electron chi connectivity index (χ3n) is 5.11. The van der Waals surface area contributed by atoms with E-state index in [9.17, 15) is 19.5 Å². The first-order valence-corrected chi connectivity index (χ1v) is 10.0. The van der Waals surface area contributed by atoms with Crippen LogP contribution in [-0.2, 0) is 14.4 Å². The van der Waals surface area contributed by atoms with Crippen molar-refractivity contribution < 1.29 is 19.5 Å².